The molecule has 0 radical (unpaired) electrons. The Hall–Kier alpha value is -5.60. The largest absolute Gasteiger partial charge is 0.264 e. The predicted molar refractivity (Wildman–Crippen MR) is 186 cm³/mol. The number of pyridine rings is 2. The first-order chi connectivity index (χ1) is 21.7. The normalized spacial score (nSPS) is 11.4. The SMILES string of the molecule is Cc1cc(-c2ccc(-c3c4ccccc4c(-c4ccc(-c5cnccc5C)c5ccccc45)c4ccccc34)cc2)ccn1. The van der Waals surface area contributed by atoms with E-state index in [4.69, 9.17) is 0 Å². The van der Waals surface area contributed by atoms with Crippen LogP contribution in [0.4, 0.5) is 0 Å². The predicted octanol–water partition coefficient (Wildman–Crippen LogP) is 11.2. The number of fused-ring (bicyclic) bond motifs is 3. The molecule has 0 saturated heterocycles. The highest BCUT2D eigenvalue weighted by Crippen LogP contribution is 2.46. The van der Waals surface area contributed by atoms with Gasteiger partial charge in [-0.25, -0.2) is 0 Å². The number of aryl methyl sites for hydroxylation is 2. The highest BCUT2D eigenvalue weighted by molar-refractivity contribution is 6.24. The second kappa shape index (κ2) is 10.6. The molecule has 0 aliphatic rings. The lowest BCUT2D eigenvalue weighted by Crippen LogP contribution is -1.93. The van der Waals surface area contributed by atoms with Gasteiger partial charge in [-0.3, -0.25) is 9.97 Å². The van der Waals surface area contributed by atoms with E-state index in [1.165, 1.54) is 82.4 Å². The molecule has 0 unspecified atom stereocenters. The summed E-state index contributed by atoms with van der Waals surface area (Å²) in [5.41, 5.74) is 12.0. The summed E-state index contributed by atoms with van der Waals surface area (Å²) < 4.78 is 0. The molecule has 8 aromatic rings. The van der Waals surface area contributed by atoms with Crippen LogP contribution in [0.15, 0.2) is 146 Å². The molecule has 0 amide bonds. The zero-order valence-electron chi connectivity index (χ0n) is 24.8. The molecule has 0 spiro atoms. The molecule has 0 fully saturated rings. The Labute approximate surface area is 257 Å². The summed E-state index contributed by atoms with van der Waals surface area (Å²) in [5.74, 6) is 0. The van der Waals surface area contributed by atoms with Crippen LogP contribution in [0, 0.1) is 13.8 Å². The highest BCUT2D eigenvalue weighted by Gasteiger charge is 2.19. The van der Waals surface area contributed by atoms with E-state index in [2.05, 4.69) is 144 Å². The summed E-state index contributed by atoms with van der Waals surface area (Å²) >= 11 is 0. The van der Waals surface area contributed by atoms with Gasteiger partial charge in [-0.2, -0.15) is 0 Å². The van der Waals surface area contributed by atoms with Gasteiger partial charge >= 0.3 is 0 Å². The minimum atomic E-state index is 1.02. The second-order valence-corrected chi connectivity index (χ2v) is 11.5. The first kappa shape index (κ1) is 26.1. The van der Waals surface area contributed by atoms with Crippen LogP contribution in [-0.4, -0.2) is 9.97 Å². The van der Waals surface area contributed by atoms with Crippen molar-refractivity contribution in [1.29, 1.82) is 0 Å². The summed E-state index contributed by atoms with van der Waals surface area (Å²) in [6.45, 7) is 4.19. The standard InChI is InChI=1S/C42H30N2/c1-27-21-23-43-26-40(27)34-19-20-39(33-10-4-3-9-32(33)34)42-37-13-7-5-11-35(37)41(36-12-6-8-14-38(36)42)30-17-15-29(16-18-30)31-22-24-44-28(2)25-31/h3-26H,1-2H3. The van der Waals surface area contributed by atoms with Crippen LogP contribution in [0.25, 0.3) is 76.8 Å². The molecule has 2 heteroatoms. The average molecular weight is 563 g/mol. The molecule has 2 nitrogen and oxygen atoms in total. The van der Waals surface area contributed by atoms with Crippen LogP contribution in [0.5, 0.6) is 0 Å². The molecular weight excluding hydrogens is 532 g/mol. The van der Waals surface area contributed by atoms with Crippen molar-refractivity contribution in [1.82, 2.24) is 9.97 Å². The zero-order chi connectivity index (χ0) is 29.6. The monoisotopic (exact) mass is 562 g/mol. The molecule has 0 atom stereocenters. The minimum absolute atomic E-state index is 1.02. The third-order valence-corrected chi connectivity index (χ3v) is 8.86. The third kappa shape index (κ3) is 4.27. The van der Waals surface area contributed by atoms with E-state index in [0.29, 0.717) is 0 Å². The van der Waals surface area contributed by atoms with Gasteiger partial charge in [-0.1, -0.05) is 109 Å². The van der Waals surface area contributed by atoms with Gasteiger partial charge in [-0.15, -0.1) is 0 Å². The van der Waals surface area contributed by atoms with E-state index in [1.807, 2.05) is 25.5 Å². The van der Waals surface area contributed by atoms with Crippen LogP contribution in [0.3, 0.4) is 0 Å². The van der Waals surface area contributed by atoms with Crippen LogP contribution in [-0.2, 0) is 0 Å². The van der Waals surface area contributed by atoms with Crippen LogP contribution in [0.1, 0.15) is 11.3 Å². The van der Waals surface area contributed by atoms with E-state index in [1.54, 1.807) is 0 Å². The van der Waals surface area contributed by atoms with Gasteiger partial charge in [0.15, 0.2) is 0 Å². The number of hydrogen-bond donors (Lipinski definition) is 0. The number of rotatable bonds is 4. The van der Waals surface area contributed by atoms with E-state index < -0.39 is 0 Å². The van der Waals surface area contributed by atoms with E-state index in [0.717, 1.165) is 5.69 Å². The van der Waals surface area contributed by atoms with Crippen LogP contribution >= 0.6 is 0 Å². The molecule has 0 N–H and O–H groups in total. The molecular formula is C42H30N2. The molecule has 8 rings (SSSR count). The van der Waals surface area contributed by atoms with Crippen molar-refractivity contribution in [2.45, 2.75) is 13.8 Å². The lowest BCUT2D eigenvalue weighted by molar-refractivity contribution is 1.20. The summed E-state index contributed by atoms with van der Waals surface area (Å²) in [4.78, 5) is 8.83. The summed E-state index contributed by atoms with van der Waals surface area (Å²) in [5, 5.41) is 7.50. The number of benzene rings is 6. The summed E-state index contributed by atoms with van der Waals surface area (Å²) in [6.07, 6.45) is 5.73. The Kier molecular flexibility index (Phi) is 6.27. The number of aromatic nitrogens is 2. The smallest absolute Gasteiger partial charge is 0.0378 e. The lowest BCUT2D eigenvalue weighted by atomic mass is 9.83. The Morgan fingerprint density at radius 2 is 0.955 bits per heavy atom. The lowest BCUT2D eigenvalue weighted by Gasteiger charge is -2.20. The Balaban J connectivity index is 1.39. The molecule has 208 valence electrons. The van der Waals surface area contributed by atoms with E-state index >= 15 is 0 Å². The molecule has 0 bridgehead atoms. The molecule has 0 saturated carbocycles. The third-order valence-electron chi connectivity index (χ3n) is 8.86. The van der Waals surface area contributed by atoms with Crippen molar-refractivity contribution >= 4 is 32.3 Å². The molecule has 2 heterocycles. The van der Waals surface area contributed by atoms with Crippen molar-refractivity contribution in [2.75, 3.05) is 0 Å². The Morgan fingerprint density at radius 1 is 0.409 bits per heavy atom. The van der Waals surface area contributed by atoms with Gasteiger partial charge in [0.05, 0.1) is 0 Å². The van der Waals surface area contributed by atoms with Gasteiger partial charge in [0.25, 0.3) is 0 Å². The van der Waals surface area contributed by atoms with Crippen LogP contribution in [0.2, 0.25) is 0 Å². The molecule has 2 aromatic heterocycles. The van der Waals surface area contributed by atoms with E-state index in [-0.39, 0.29) is 0 Å². The topological polar surface area (TPSA) is 25.8 Å². The van der Waals surface area contributed by atoms with Gasteiger partial charge in [-0.05, 0) is 109 Å². The van der Waals surface area contributed by atoms with Gasteiger partial charge in [0.1, 0.15) is 0 Å². The first-order valence-electron chi connectivity index (χ1n) is 15.1. The molecule has 0 aliphatic heterocycles. The van der Waals surface area contributed by atoms with Crippen molar-refractivity contribution in [3.63, 3.8) is 0 Å². The number of hydrogen-bond acceptors (Lipinski definition) is 2. The fourth-order valence-electron chi connectivity index (χ4n) is 6.78. The Bertz CT molecular complexity index is 2290. The molecule has 44 heavy (non-hydrogen) atoms. The van der Waals surface area contributed by atoms with Gasteiger partial charge in [0.2, 0.25) is 0 Å². The van der Waals surface area contributed by atoms with Crippen molar-refractivity contribution in [2.24, 2.45) is 0 Å². The molecule has 0 aliphatic carbocycles. The fourth-order valence-corrected chi connectivity index (χ4v) is 6.78. The highest BCUT2D eigenvalue weighted by atomic mass is 14.6. The maximum atomic E-state index is 4.45. The summed E-state index contributed by atoms with van der Waals surface area (Å²) in [6, 6.07) is 46.4. The molecule has 6 aromatic carbocycles. The van der Waals surface area contributed by atoms with E-state index in [9.17, 15) is 0 Å². The van der Waals surface area contributed by atoms with Crippen molar-refractivity contribution < 1.29 is 0 Å². The summed E-state index contributed by atoms with van der Waals surface area (Å²) in [7, 11) is 0. The maximum absolute atomic E-state index is 4.45. The average Bonchev–Trinajstić information content (AvgIpc) is 3.07. The van der Waals surface area contributed by atoms with Gasteiger partial charge in [0, 0.05) is 29.8 Å². The maximum Gasteiger partial charge on any atom is 0.0378 e. The van der Waals surface area contributed by atoms with Crippen LogP contribution < -0.4 is 0 Å². The quantitative estimate of drug-likeness (QED) is 0.199. The van der Waals surface area contributed by atoms with Crippen molar-refractivity contribution in [3.8, 4) is 44.5 Å². The van der Waals surface area contributed by atoms with Gasteiger partial charge < -0.3 is 0 Å². The zero-order valence-corrected chi connectivity index (χ0v) is 24.8. The second-order valence-electron chi connectivity index (χ2n) is 11.5. The number of nitrogens with zero attached hydrogens (tertiary/aromatic N) is 2. The fraction of sp³-hybridized carbons (Fsp3) is 0.0476. The van der Waals surface area contributed by atoms with Crippen molar-refractivity contribution in [3.05, 3.63) is 157 Å². The first-order valence-corrected chi connectivity index (χ1v) is 15.1. The Morgan fingerprint density at radius 3 is 1.57 bits per heavy atom. The minimum Gasteiger partial charge on any atom is -0.264 e.